The van der Waals surface area contributed by atoms with Gasteiger partial charge in [0.15, 0.2) is 5.82 Å². The molecule has 22 heavy (non-hydrogen) atoms. The van der Waals surface area contributed by atoms with E-state index in [2.05, 4.69) is 20.2 Å². The number of hydrogen-bond donors (Lipinski definition) is 4. The monoisotopic (exact) mass is 293 g/mol. The number of nitrogens with zero attached hydrogens (tertiary/aromatic N) is 2. The number of rotatable bonds is 2. The van der Waals surface area contributed by atoms with Crippen LogP contribution >= 0.6 is 0 Å². The van der Waals surface area contributed by atoms with E-state index in [1.165, 1.54) is 0 Å². The standard InChI is InChI=1S/C15H11N5O2/c16-13-10-5-7(1-2-11(10)19-20-13)8-3-4-17-14-9(8)6-12(18-14)15(21)22/h1-6H,(H,17,18)(H,21,22)(H3,16,19,20). The van der Waals surface area contributed by atoms with Gasteiger partial charge in [-0.1, -0.05) is 6.07 Å². The normalized spacial score (nSPS) is 11.3. The van der Waals surface area contributed by atoms with E-state index in [4.69, 9.17) is 10.8 Å². The number of aromatic nitrogens is 4. The first kappa shape index (κ1) is 12.4. The van der Waals surface area contributed by atoms with Crippen molar-refractivity contribution in [3.8, 4) is 11.1 Å². The van der Waals surface area contributed by atoms with Gasteiger partial charge in [0.25, 0.3) is 0 Å². The van der Waals surface area contributed by atoms with Gasteiger partial charge in [-0.05, 0) is 35.4 Å². The fraction of sp³-hybridized carbons (Fsp3) is 0. The minimum Gasteiger partial charge on any atom is -0.477 e. The lowest BCUT2D eigenvalue weighted by Gasteiger charge is -2.03. The molecule has 0 spiro atoms. The molecule has 0 saturated heterocycles. The van der Waals surface area contributed by atoms with Gasteiger partial charge in [-0.25, -0.2) is 9.78 Å². The number of nitrogens with two attached hydrogens (primary N) is 1. The second-order valence-electron chi connectivity index (χ2n) is 4.98. The summed E-state index contributed by atoms with van der Waals surface area (Å²) in [4.78, 5) is 18.1. The Morgan fingerprint density at radius 3 is 2.86 bits per heavy atom. The number of carboxylic acids is 1. The average Bonchev–Trinajstić information content (AvgIpc) is 3.11. The van der Waals surface area contributed by atoms with Gasteiger partial charge < -0.3 is 15.8 Å². The minimum atomic E-state index is -1.02. The molecule has 0 aliphatic heterocycles. The predicted molar refractivity (Wildman–Crippen MR) is 82.6 cm³/mol. The van der Waals surface area contributed by atoms with Crippen LogP contribution in [0.25, 0.3) is 33.1 Å². The number of nitrogen functional groups attached to an aromatic ring is 1. The number of carbonyl (C=O) groups is 1. The van der Waals surface area contributed by atoms with Crippen LogP contribution in [0.5, 0.6) is 0 Å². The number of carboxylic acid groups (broad SMARTS) is 1. The SMILES string of the molecule is Nc1n[nH]c2ccc(-c3ccnc4[nH]c(C(=O)O)cc34)cc12. The molecule has 0 fully saturated rings. The lowest BCUT2D eigenvalue weighted by atomic mass is 10.0. The Morgan fingerprint density at radius 2 is 2.05 bits per heavy atom. The molecule has 0 amide bonds. The van der Waals surface area contributed by atoms with E-state index in [1.807, 2.05) is 24.3 Å². The summed E-state index contributed by atoms with van der Waals surface area (Å²) in [6.45, 7) is 0. The van der Waals surface area contributed by atoms with E-state index in [0.717, 1.165) is 27.4 Å². The van der Waals surface area contributed by atoms with Gasteiger partial charge in [-0.2, -0.15) is 5.10 Å². The summed E-state index contributed by atoms with van der Waals surface area (Å²) in [5.41, 5.74) is 9.15. The molecule has 0 radical (unpaired) electrons. The van der Waals surface area contributed by atoms with Crippen LogP contribution in [0.2, 0.25) is 0 Å². The highest BCUT2D eigenvalue weighted by Gasteiger charge is 2.13. The second kappa shape index (κ2) is 4.32. The molecule has 108 valence electrons. The smallest absolute Gasteiger partial charge is 0.352 e. The van der Waals surface area contributed by atoms with Crippen molar-refractivity contribution < 1.29 is 9.90 Å². The third-order valence-corrected chi connectivity index (χ3v) is 3.67. The molecule has 7 nitrogen and oxygen atoms in total. The van der Waals surface area contributed by atoms with Gasteiger partial charge >= 0.3 is 5.97 Å². The van der Waals surface area contributed by atoms with Crippen molar-refractivity contribution in [1.29, 1.82) is 0 Å². The maximum absolute atomic E-state index is 11.1. The van der Waals surface area contributed by atoms with Crippen LogP contribution in [0, 0.1) is 0 Å². The van der Waals surface area contributed by atoms with Crippen molar-refractivity contribution in [3.05, 3.63) is 42.2 Å². The number of benzene rings is 1. The van der Waals surface area contributed by atoms with E-state index in [0.29, 0.717) is 11.5 Å². The molecule has 0 unspecified atom stereocenters. The van der Waals surface area contributed by atoms with E-state index in [-0.39, 0.29) is 5.69 Å². The van der Waals surface area contributed by atoms with Gasteiger partial charge in [0, 0.05) is 17.0 Å². The van der Waals surface area contributed by atoms with E-state index < -0.39 is 5.97 Å². The van der Waals surface area contributed by atoms with Crippen LogP contribution in [0.4, 0.5) is 5.82 Å². The fourth-order valence-corrected chi connectivity index (χ4v) is 2.60. The highest BCUT2D eigenvalue weighted by Crippen LogP contribution is 2.31. The highest BCUT2D eigenvalue weighted by molar-refractivity contribution is 6.01. The Kier molecular flexibility index (Phi) is 2.43. The van der Waals surface area contributed by atoms with Gasteiger partial charge in [-0.3, -0.25) is 5.10 Å². The van der Waals surface area contributed by atoms with Crippen LogP contribution < -0.4 is 5.73 Å². The third-order valence-electron chi connectivity index (χ3n) is 3.67. The maximum Gasteiger partial charge on any atom is 0.352 e. The first-order chi connectivity index (χ1) is 10.6. The number of hydrogen-bond acceptors (Lipinski definition) is 4. The molecule has 3 aromatic heterocycles. The Labute approximate surface area is 123 Å². The lowest BCUT2D eigenvalue weighted by Crippen LogP contribution is -1.94. The molecule has 1 aromatic carbocycles. The van der Waals surface area contributed by atoms with Crippen LogP contribution in [-0.4, -0.2) is 31.2 Å². The van der Waals surface area contributed by atoms with E-state index in [1.54, 1.807) is 12.3 Å². The maximum atomic E-state index is 11.1. The molecule has 0 atom stereocenters. The Morgan fingerprint density at radius 1 is 1.18 bits per heavy atom. The third kappa shape index (κ3) is 1.72. The van der Waals surface area contributed by atoms with Gasteiger partial charge in [-0.15, -0.1) is 0 Å². The van der Waals surface area contributed by atoms with Crippen molar-refractivity contribution in [2.75, 3.05) is 5.73 Å². The number of aromatic carboxylic acids is 1. The molecule has 4 rings (SSSR count). The summed E-state index contributed by atoms with van der Waals surface area (Å²) in [7, 11) is 0. The van der Waals surface area contributed by atoms with Gasteiger partial charge in [0.05, 0.1) is 5.52 Å². The molecule has 4 aromatic rings. The molecule has 3 heterocycles. The number of fused-ring (bicyclic) bond motifs is 2. The summed E-state index contributed by atoms with van der Waals surface area (Å²) in [6, 6.07) is 9.19. The predicted octanol–water partition coefficient (Wildman–Crippen LogP) is 2.39. The van der Waals surface area contributed by atoms with E-state index in [9.17, 15) is 4.79 Å². The van der Waals surface area contributed by atoms with Crippen LogP contribution in [-0.2, 0) is 0 Å². The summed E-state index contributed by atoms with van der Waals surface area (Å²) in [6.07, 6.45) is 1.64. The second-order valence-corrected chi connectivity index (χ2v) is 4.98. The van der Waals surface area contributed by atoms with Crippen molar-refractivity contribution in [2.45, 2.75) is 0 Å². The Balaban J connectivity index is 1.98. The minimum absolute atomic E-state index is 0.110. The highest BCUT2D eigenvalue weighted by atomic mass is 16.4. The first-order valence-electron chi connectivity index (χ1n) is 6.58. The van der Waals surface area contributed by atoms with Crippen molar-refractivity contribution in [1.82, 2.24) is 20.2 Å². The quantitative estimate of drug-likeness (QED) is 0.452. The lowest BCUT2D eigenvalue weighted by molar-refractivity contribution is 0.0691. The Bertz CT molecular complexity index is 1030. The molecular formula is C15H11N5O2. The van der Waals surface area contributed by atoms with Crippen LogP contribution in [0.1, 0.15) is 10.5 Å². The number of nitrogens with one attached hydrogen (secondary N) is 2. The summed E-state index contributed by atoms with van der Waals surface area (Å²) < 4.78 is 0. The van der Waals surface area contributed by atoms with E-state index >= 15 is 0 Å². The molecule has 5 N–H and O–H groups in total. The van der Waals surface area contributed by atoms with Crippen molar-refractivity contribution >= 4 is 33.7 Å². The first-order valence-corrected chi connectivity index (χ1v) is 6.58. The van der Waals surface area contributed by atoms with Crippen molar-refractivity contribution in [2.24, 2.45) is 0 Å². The Hall–Kier alpha value is -3.35. The number of H-pyrrole nitrogens is 2. The van der Waals surface area contributed by atoms with Crippen molar-refractivity contribution in [3.63, 3.8) is 0 Å². The fourth-order valence-electron chi connectivity index (χ4n) is 2.60. The number of anilines is 1. The summed E-state index contributed by atoms with van der Waals surface area (Å²) in [5, 5.41) is 17.5. The molecule has 0 saturated carbocycles. The van der Waals surface area contributed by atoms with Crippen LogP contribution in [0.15, 0.2) is 36.5 Å². The largest absolute Gasteiger partial charge is 0.477 e. The van der Waals surface area contributed by atoms with Crippen LogP contribution in [0.3, 0.4) is 0 Å². The zero-order chi connectivity index (χ0) is 15.3. The molecule has 0 aliphatic carbocycles. The summed E-state index contributed by atoms with van der Waals surface area (Å²) >= 11 is 0. The molecule has 7 heteroatoms. The van der Waals surface area contributed by atoms with Gasteiger partial charge in [0.1, 0.15) is 11.3 Å². The number of pyridine rings is 1. The zero-order valence-corrected chi connectivity index (χ0v) is 11.3. The number of aromatic amines is 2. The molecule has 0 bridgehead atoms. The topological polar surface area (TPSA) is 121 Å². The molecule has 0 aliphatic rings. The molecular weight excluding hydrogens is 282 g/mol. The average molecular weight is 293 g/mol. The summed E-state index contributed by atoms with van der Waals surface area (Å²) in [5.74, 6) is -0.582. The zero-order valence-electron chi connectivity index (χ0n) is 11.3. The van der Waals surface area contributed by atoms with Gasteiger partial charge in [0.2, 0.25) is 0 Å².